The van der Waals surface area contributed by atoms with Crippen molar-refractivity contribution in [3.05, 3.63) is 47.3 Å². The minimum atomic E-state index is -0.237. The lowest BCUT2D eigenvalue weighted by atomic mass is 10.0. The molecule has 1 aliphatic rings. The van der Waals surface area contributed by atoms with Gasteiger partial charge >= 0.3 is 0 Å². The molecule has 0 unspecified atom stereocenters. The Bertz CT molecular complexity index is 420. The van der Waals surface area contributed by atoms with Crippen LogP contribution in [0.15, 0.2) is 30.9 Å². The SMILES string of the molecule is C=CC[C@@H](c1cc(F)ccc1Cl)N1CCNCC1.Cl. The molecule has 1 aromatic carbocycles. The second-order valence-electron chi connectivity index (χ2n) is 4.49. The quantitative estimate of drug-likeness (QED) is 0.858. The van der Waals surface area contributed by atoms with Crippen molar-refractivity contribution < 1.29 is 4.39 Å². The minimum Gasteiger partial charge on any atom is -0.314 e. The van der Waals surface area contributed by atoms with E-state index in [0.717, 1.165) is 38.2 Å². The molecular weight excluding hydrogens is 286 g/mol. The van der Waals surface area contributed by atoms with Crippen molar-refractivity contribution in [3.63, 3.8) is 0 Å². The van der Waals surface area contributed by atoms with Crippen LogP contribution in [-0.4, -0.2) is 31.1 Å². The maximum absolute atomic E-state index is 13.4. The number of piperazine rings is 1. The van der Waals surface area contributed by atoms with Gasteiger partial charge in [0, 0.05) is 37.2 Å². The second kappa shape index (κ2) is 7.85. The number of benzene rings is 1. The average molecular weight is 305 g/mol. The number of nitrogens with zero attached hydrogens (tertiary/aromatic N) is 1. The predicted octanol–water partition coefficient (Wildman–Crippen LogP) is 3.42. The predicted molar refractivity (Wildman–Crippen MR) is 80.7 cm³/mol. The fraction of sp³-hybridized carbons (Fsp3) is 0.429. The summed E-state index contributed by atoms with van der Waals surface area (Å²) in [5.41, 5.74) is 0.860. The largest absolute Gasteiger partial charge is 0.314 e. The van der Waals surface area contributed by atoms with Gasteiger partial charge in [0.25, 0.3) is 0 Å². The van der Waals surface area contributed by atoms with Crippen LogP contribution in [0.5, 0.6) is 0 Å². The van der Waals surface area contributed by atoms with Crippen LogP contribution >= 0.6 is 24.0 Å². The molecule has 0 bridgehead atoms. The van der Waals surface area contributed by atoms with Gasteiger partial charge < -0.3 is 5.32 Å². The molecule has 0 radical (unpaired) electrons. The Morgan fingerprint density at radius 2 is 2.11 bits per heavy atom. The third-order valence-corrected chi connectivity index (χ3v) is 3.64. The summed E-state index contributed by atoms with van der Waals surface area (Å²) >= 11 is 6.20. The number of rotatable bonds is 4. The van der Waals surface area contributed by atoms with Gasteiger partial charge in [-0.15, -0.1) is 19.0 Å². The van der Waals surface area contributed by atoms with Gasteiger partial charge in [0.2, 0.25) is 0 Å². The van der Waals surface area contributed by atoms with Crippen molar-refractivity contribution in [2.45, 2.75) is 12.5 Å². The lowest BCUT2D eigenvalue weighted by molar-refractivity contribution is 0.174. The smallest absolute Gasteiger partial charge is 0.123 e. The Balaban J connectivity index is 0.00000180. The lowest BCUT2D eigenvalue weighted by Gasteiger charge is -2.35. The van der Waals surface area contributed by atoms with Gasteiger partial charge in [0.05, 0.1) is 0 Å². The van der Waals surface area contributed by atoms with Gasteiger partial charge in [-0.05, 0) is 30.2 Å². The highest BCUT2D eigenvalue weighted by Crippen LogP contribution is 2.31. The van der Waals surface area contributed by atoms with E-state index in [0.29, 0.717) is 5.02 Å². The molecule has 19 heavy (non-hydrogen) atoms. The van der Waals surface area contributed by atoms with E-state index in [1.54, 1.807) is 12.1 Å². The highest BCUT2D eigenvalue weighted by atomic mass is 35.5. The fourth-order valence-corrected chi connectivity index (χ4v) is 2.64. The van der Waals surface area contributed by atoms with E-state index in [9.17, 15) is 4.39 Å². The summed E-state index contributed by atoms with van der Waals surface area (Å²) in [6, 6.07) is 4.69. The van der Waals surface area contributed by atoms with Crippen molar-refractivity contribution in [2.24, 2.45) is 0 Å². The van der Waals surface area contributed by atoms with Crippen LogP contribution in [-0.2, 0) is 0 Å². The summed E-state index contributed by atoms with van der Waals surface area (Å²) in [4.78, 5) is 2.33. The highest BCUT2D eigenvalue weighted by Gasteiger charge is 2.23. The molecule has 1 saturated heterocycles. The molecule has 0 spiro atoms. The van der Waals surface area contributed by atoms with Crippen LogP contribution in [0, 0.1) is 5.82 Å². The normalized spacial score (nSPS) is 17.6. The third kappa shape index (κ3) is 4.18. The first-order valence-electron chi connectivity index (χ1n) is 6.23. The van der Waals surface area contributed by atoms with E-state index in [4.69, 9.17) is 11.6 Å². The van der Waals surface area contributed by atoms with Crippen LogP contribution in [0.3, 0.4) is 0 Å². The molecule has 1 aliphatic heterocycles. The molecule has 106 valence electrons. The Morgan fingerprint density at radius 1 is 1.42 bits per heavy atom. The molecule has 0 aromatic heterocycles. The van der Waals surface area contributed by atoms with E-state index in [1.165, 1.54) is 6.07 Å². The Hall–Kier alpha value is -0.610. The Morgan fingerprint density at radius 3 is 2.74 bits per heavy atom. The molecular formula is C14H19Cl2FN2. The van der Waals surface area contributed by atoms with Gasteiger partial charge in [-0.1, -0.05) is 17.7 Å². The summed E-state index contributed by atoms with van der Waals surface area (Å²) in [6.45, 7) is 7.61. The van der Waals surface area contributed by atoms with Gasteiger partial charge in [-0.25, -0.2) is 4.39 Å². The Labute approximate surface area is 125 Å². The zero-order valence-electron chi connectivity index (χ0n) is 10.7. The van der Waals surface area contributed by atoms with Gasteiger partial charge in [0.1, 0.15) is 5.82 Å². The van der Waals surface area contributed by atoms with Crippen LogP contribution < -0.4 is 5.32 Å². The minimum absolute atomic E-state index is 0. The van der Waals surface area contributed by atoms with Crippen LogP contribution in [0.2, 0.25) is 5.02 Å². The molecule has 1 atom stereocenters. The van der Waals surface area contributed by atoms with Crippen molar-refractivity contribution in [1.82, 2.24) is 10.2 Å². The van der Waals surface area contributed by atoms with Gasteiger partial charge in [0.15, 0.2) is 0 Å². The topological polar surface area (TPSA) is 15.3 Å². The molecule has 1 fully saturated rings. The van der Waals surface area contributed by atoms with Crippen molar-refractivity contribution in [3.8, 4) is 0 Å². The molecule has 2 nitrogen and oxygen atoms in total. The van der Waals surface area contributed by atoms with Gasteiger partial charge in [-0.3, -0.25) is 4.90 Å². The fourth-order valence-electron chi connectivity index (χ4n) is 2.39. The summed E-state index contributed by atoms with van der Waals surface area (Å²) in [6.07, 6.45) is 2.65. The van der Waals surface area contributed by atoms with E-state index in [-0.39, 0.29) is 24.3 Å². The number of nitrogens with one attached hydrogen (secondary N) is 1. The molecule has 1 aromatic rings. The molecule has 1 N–H and O–H groups in total. The third-order valence-electron chi connectivity index (χ3n) is 3.30. The van der Waals surface area contributed by atoms with Crippen LogP contribution in [0.4, 0.5) is 4.39 Å². The first-order valence-corrected chi connectivity index (χ1v) is 6.61. The second-order valence-corrected chi connectivity index (χ2v) is 4.90. The zero-order valence-corrected chi connectivity index (χ0v) is 12.3. The monoisotopic (exact) mass is 304 g/mol. The van der Waals surface area contributed by atoms with E-state index < -0.39 is 0 Å². The van der Waals surface area contributed by atoms with E-state index in [2.05, 4.69) is 16.8 Å². The number of hydrogen-bond acceptors (Lipinski definition) is 2. The first kappa shape index (κ1) is 16.4. The zero-order chi connectivity index (χ0) is 13.0. The maximum atomic E-state index is 13.4. The van der Waals surface area contributed by atoms with Crippen molar-refractivity contribution in [1.29, 1.82) is 0 Å². The van der Waals surface area contributed by atoms with Crippen LogP contribution in [0.1, 0.15) is 18.0 Å². The first-order chi connectivity index (χ1) is 8.72. The van der Waals surface area contributed by atoms with Crippen LogP contribution in [0.25, 0.3) is 0 Å². The number of halogens is 3. The van der Waals surface area contributed by atoms with E-state index >= 15 is 0 Å². The molecule has 0 aliphatic carbocycles. The molecule has 1 heterocycles. The lowest BCUT2D eigenvalue weighted by Crippen LogP contribution is -2.45. The molecule has 0 saturated carbocycles. The summed E-state index contributed by atoms with van der Waals surface area (Å²) in [7, 11) is 0. The molecule has 2 rings (SSSR count). The highest BCUT2D eigenvalue weighted by molar-refractivity contribution is 6.31. The van der Waals surface area contributed by atoms with Gasteiger partial charge in [-0.2, -0.15) is 0 Å². The molecule has 0 amide bonds. The van der Waals surface area contributed by atoms with Crippen molar-refractivity contribution in [2.75, 3.05) is 26.2 Å². The summed E-state index contributed by atoms with van der Waals surface area (Å²) in [5.74, 6) is -0.237. The number of hydrogen-bond donors (Lipinski definition) is 1. The standard InChI is InChI=1S/C14H18ClFN2.ClH/c1-2-3-14(18-8-6-17-7-9-18)12-10-11(16)4-5-13(12)15;/h2,4-5,10,14,17H,1,3,6-9H2;1H/t14-;/m0./s1. The molecule has 5 heteroatoms. The summed E-state index contributed by atoms with van der Waals surface area (Å²) < 4.78 is 13.4. The summed E-state index contributed by atoms with van der Waals surface area (Å²) in [5, 5.41) is 3.94. The van der Waals surface area contributed by atoms with E-state index in [1.807, 2.05) is 6.08 Å². The van der Waals surface area contributed by atoms with Crippen molar-refractivity contribution >= 4 is 24.0 Å². The Kier molecular flexibility index (Phi) is 6.80. The maximum Gasteiger partial charge on any atom is 0.123 e. The average Bonchev–Trinajstić information content (AvgIpc) is 2.40.